The van der Waals surface area contributed by atoms with Crippen LogP contribution in [0.25, 0.3) is 0 Å². The van der Waals surface area contributed by atoms with E-state index in [1.165, 1.54) is 5.56 Å². The number of hydrogen-bond donors (Lipinski definition) is 2. The van der Waals surface area contributed by atoms with Crippen molar-refractivity contribution in [3.8, 4) is 5.75 Å². The smallest absolute Gasteiger partial charge is 0.191 e. The molecule has 2 aromatic rings. The van der Waals surface area contributed by atoms with Crippen molar-refractivity contribution in [3.63, 3.8) is 0 Å². The molecule has 0 saturated carbocycles. The highest BCUT2D eigenvalue weighted by molar-refractivity contribution is 5.79. The number of guanidine groups is 1. The number of ether oxygens (including phenoxy) is 2. The van der Waals surface area contributed by atoms with Crippen LogP contribution in [0.1, 0.15) is 25.0 Å². The third kappa shape index (κ3) is 6.62. The lowest BCUT2D eigenvalue weighted by Crippen LogP contribution is -2.42. The third-order valence-corrected chi connectivity index (χ3v) is 4.94. The Morgan fingerprint density at radius 2 is 2.20 bits per heavy atom. The molecule has 3 rings (SSSR count). The summed E-state index contributed by atoms with van der Waals surface area (Å²) in [7, 11) is 1.77. The van der Waals surface area contributed by atoms with Gasteiger partial charge in [-0.3, -0.25) is 4.99 Å². The van der Waals surface area contributed by atoms with E-state index in [2.05, 4.69) is 51.5 Å². The van der Waals surface area contributed by atoms with Gasteiger partial charge in [-0.25, -0.2) is 4.98 Å². The number of benzene rings is 1. The minimum atomic E-state index is 0.0150. The topological polar surface area (TPSA) is 71.0 Å². The van der Waals surface area contributed by atoms with E-state index < -0.39 is 0 Å². The Morgan fingerprint density at radius 1 is 1.33 bits per heavy atom. The number of aliphatic imine (C=N–C) groups is 1. The van der Waals surface area contributed by atoms with E-state index in [1.807, 2.05) is 37.4 Å². The first-order valence-corrected chi connectivity index (χ1v) is 10.5. The van der Waals surface area contributed by atoms with E-state index in [0.717, 1.165) is 42.8 Å². The van der Waals surface area contributed by atoms with Gasteiger partial charge in [0.05, 0.1) is 19.3 Å². The summed E-state index contributed by atoms with van der Waals surface area (Å²) in [5.41, 5.74) is 2.35. The molecule has 1 aliphatic heterocycles. The summed E-state index contributed by atoms with van der Waals surface area (Å²) in [6.07, 6.45) is 2.11. The molecule has 162 valence electrons. The minimum Gasteiger partial charge on any atom is -0.489 e. The van der Waals surface area contributed by atoms with Gasteiger partial charge in [0.1, 0.15) is 17.7 Å². The zero-order valence-corrected chi connectivity index (χ0v) is 18.4. The Bertz CT molecular complexity index is 842. The maximum atomic E-state index is 5.98. The van der Waals surface area contributed by atoms with Gasteiger partial charge >= 0.3 is 0 Å². The summed E-state index contributed by atoms with van der Waals surface area (Å²) in [5, 5.41) is 6.69. The Morgan fingerprint density at radius 3 is 2.97 bits per heavy atom. The van der Waals surface area contributed by atoms with Crippen molar-refractivity contribution in [3.05, 3.63) is 53.7 Å². The van der Waals surface area contributed by atoms with Gasteiger partial charge in [0.25, 0.3) is 0 Å². The molecule has 1 aliphatic rings. The van der Waals surface area contributed by atoms with E-state index in [0.29, 0.717) is 13.1 Å². The second-order valence-corrected chi connectivity index (χ2v) is 7.70. The van der Waals surface area contributed by atoms with Crippen molar-refractivity contribution in [2.24, 2.45) is 4.99 Å². The monoisotopic (exact) mass is 411 g/mol. The van der Waals surface area contributed by atoms with Crippen molar-refractivity contribution in [1.29, 1.82) is 0 Å². The summed E-state index contributed by atoms with van der Waals surface area (Å²) < 4.78 is 11.6. The van der Waals surface area contributed by atoms with Crippen LogP contribution in [-0.2, 0) is 11.3 Å². The first-order chi connectivity index (χ1) is 14.5. The van der Waals surface area contributed by atoms with Gasteiger partial charge in [-0.15, -0.1) is 0 Å². The van der Waals surface area contributed by atoms with Crippen LogP contribution in [0.5, 0.6) is 5.75 Å². The fourth-order valence-corrected chi connectivity index (χ4v) is 3.38. The molecular weight excluding hydrogens is 378 g/mol. The number of aryl methyl sites for hydroxylation is 1. The van der Waals surface area contributed by atoms with Gasteiger partial charge in [-0.1, -0.05) is 12.1 Å². The van der Waals surface area contributed by atoms with Crippen molar-refractivity contribution in [2.45, 2.75) is 39.5 Å². The molecule has 0 bridgehead atoms. The Kier molecular flexibility index (Phi) is 7.90. The molecule has 1 saturated heterocycles. The summed E-state index contributed by atoms with van der Waals surface area (Å²) in [5.74, 6) is 2.62. The number of rotatable bonds is 7. The highest BCUT2D eigenvalue weighted by Crippen LogP contribution is 2.16. The molecular formula is C23H33N5O2. The normalized spacial score (nSPS) is 18.1. The molecule has 1 aromatic heterocycles. The molecule has 1 aromatic carbocycles. The third-order valence-electron chi connectivity index (χ3n) is 4.94. The predicted molar refractivity (Wildman–Crippen MR) is 121 cm³/mol. The Labute approximate surface area is 179 Å². The van der Waals surface area contributed by atoms with E-state index in [1.54, 1.807) is 7.05 Å². The number of nitrogens with one attached hydrogen (secondary N) is 2. The fourth-order valence-electron chi connectivity index (χ4n) is 3.38. The molecule has 2 N–H and O–H groups in total. The second kappa shape index (κ2) is 10.8. The van der Waals surface area contributed by atoms with Crippen molar-refractivity contribution in [1.82, 2.24) is 15.6 Å². The predicted octanol–water partition coefficient (Wildman–Crippen LogP) is 2.75. The highest BCUT2D eigenvalue weighted by atomic mass is 16.5. The molecule has 2 unspecified atom stereocenters. The lowest BCUT2D eigenvalue weighted by Gasteiger charge is -2.32. The van der Waals surface area contributed by atoms with Crippen molar-refractivity contribution < 1.29 is 9.47 Å². The van der Waals surface area contributed by atoms with Gasteiger partial charge in [0, 0.05) is 32.9 Å². The summed E-state index contributed by atoms with van der Waals surface area (Å²) in [6.45, 7) is 10.00. The van der Waals surface area contributed by atoms with Crippen LogP contribution in [0.4, 0.5) is 5.82 Å². The summed E-state index contributed by atoms with van der Waals surface area (Å²) in [6, 6.07) is 12.2. The van der Waals surface area contributed by atoms with Gasteiger partial charge in [-0.2, -0.15) is 0 Å². The van der Waals surface area contributed by atoms with Crippen LogP contribution < -0.4 is 20.3 Å². The summed E-state index contributed by atoms with van der Waals surface area (Å²) >= 11 is 0. The van der Waals surface area contributed by atoms with E-state index in [4.69, 9.17) is 9.47 Å². The number of anilines is 1. The van der Waals surface area contributed by atoms with Crippen molar-refractivity contribution >= 4 is 11.8 Å². The van der Waals surface area contributed by atoms with Gasteiger partial charge in [-0.05, 0) is 56.2 Å². The molecule has 0 aliphatic carbocycles. The van der Waals surface area contributed by atoms with Crippen LogP contribution >= 0.6 is 0 Å². The van der Waals surface area contributed by atoms with Crippen LogP contribution in [-0.4, -0.2) is 56.4 Å². The molecule has 0 radical (unpaired) electrons. The second-order valence-electron chi connectivity index (χ2n) is 7.70. The molecule has 0 amide bonds. The molecule has 30 heavy (non-hydrogen) atoms. The van der Waals surface area contributed by atoms with Gasteiger partial charge in [0.15, 0.2) is 5.96 Å². The summed E-state index contributed by atoms with van der Waals surface area (Å²) in [4.78, 5) is 11.1. The molecule has 1 fully saturated rings. The van der Waals surface area contributed by atoms with E-state index in [-0.39, 0.29) is 12.2 Å². The van der Waals surface area contributed by atoms with Crippen LogP contribution in [0.15, 0.2) is 47.6 Å². The molecule has 2 atom stereocenters. The number of aromatic nitrogens is 1. The lowest BCUT2D eigenvalue weighted by atomic mass is 10.2. The van der Waals surface area contributed by atoms with E-state index in [9.17, 15) is 0 Å². The largest absolute Gasteiger partial charge is 0.489 e. The first kappa shape index (κ1) is 21.9. The number of pyridine rings is 1. The average molecular weight is 412 g/mol. The van der Waals surface area contributed by atoms with Crippen LogP contribution in [0.2, 0.25) is 0 Å². The minimum absolute atomic E-state index is 0.0150. The number of morpholine rings is 1. The Balaban J connectivity index is 1.47. The molecule has 2 heterocycles. The van der Waals surface area contributed by atoms with Gasteiger partial charge < -0.3 is 25.0 Å². The Hall–Kier alpha value is -2.80. The first-order valence-electron chi connectivity index (χ1n) is 10.5. The lowest BCUT2D eigenvalue weighted by molar-refractivity contribution is 0.0529. The van der Waals surface area contributed by atoms with E-state index >= 15 is 0 Å². The molecule has 7 nitrogen and oxygen atoms in total. The maximum absolute atomic E-state index is 5.98. The van der Waals surface area contributed by atoms with Crippen LogP contribution in [0.3, 0.4) is 0 Å². The SMILES string of the molecule is CN=C(NCc1ccnc(N2CCOC(C)C2)c1)NCC(C)Oc1cccc(C)c1. The quantitative estimate of drug-likeness (QED) is 0.539. The van der Waals surface area contributed by atoms with Gasteiger partial charge in [0.2, 0.25) is 0 Å². The van der Waals surface area contributed by atoms with Crippen LogP contribution in [0, 0.1) is 6.92 Å². The van der Waals surface area contributed by atoms with Crippen molar-refractivity contribution in [2.75, 3.05) is 38.2 Å². The molecule has 0 spiro atoms. The highest BCUT2D eigenvalue weighted by Gasteiger charge is 2.18. The fraction of sp³-hybridized carbons (Fsp3) is 0.478. The number of hydrogen-bond acceptors (Lipinski definition) is 5. The zero-order chi connectivity index (χ0) is 21.3. The number of nitrogens with zero attached hydrogens (tertiary/aromatic N) is 3. The maximum Gasteiger partial charge on any atom is 0.191 e. The standard InChI is InChI=1S/C23H33N5O2/c1-17-6-5-7-21(12-17)30-18(2)14-26-23(24-4)27-15-20-8-9-25-22(13-20)28-10-11-29-19(3)16-28/h5-9,12-13,18-19H,10-11,14-16H2,1-4H3,(H2,24,26,27). The zero-order valence-electron chi connectivity index (χ0n) is 18.4. The average Bonchev–Trinajstić information content (AvgIpc) is 2.74. The molecule has 7 heteroatoms.